The number of rotatable bonds is 7. The fourth-order valence-electron chi connectivity index (χ4n) is 5.42. The van der Waals surface area contributed by atoms with E-state index in [-0.39, 0.29) is 30.1 Å². The molecule has 1 aliphatic rings. The molecule has 0 saturated heterocycles. The average molecular weight is 578 g/mol. The van der Waals surface area contributed by atoms with Gasteiger partial charge in [-0.05, 0) is 51.5 Å². The SMILES string of the molecule is CC[C@H](C)[C@@H]1NC(=O)CCCN(C(=O)CCc2c(C)noc2C)CCn2nc(C)nc2[C@H](Cc2ccccc2)NC1=O. The molecule has 1 aromatic carbocycles. The summed E-state index contributed by atoms with van der Waals surface area (Å²) in [5.74, 6) is 1.42. The Morgan fingerprint density at radius 3 is 2.55 bits per heavy atom. The van der Waals surface area contributed by atoms with Crippen LogP contribution in [-0.2, 0) is 33.8 Å². The molecule has 0 bridgehead atoms. The Labute approximate surface area is 247 Å². The second-order valence-electron chi connectivity index (χ2n) is 11.2. The van der Waals surface area contributed by atoms with Crippen LogP contribution in [0.5, 0.6) is 0 Å². The largest absolute Gasteiger partial charge is 0.361 e. The normalized spacial score (nSPS) is 19.4. The van der Waals surface area contributed by atoms with Crippen molar-refractivity contribution in [3.63, 3.8) is 0 Å². The lowest BCUT2D eigenvalue weighted by Crippen LogP contribution is -2.51. The molecule has 0 fully saturated rings. The molecule has 226 valence electrons. The number of aromatic nitrogens is 4. The summed E-state index contributed by atoms with van der Waals surface area (Å²) in [6, 6.07) is 8.74. The van der Waals surface area contributed by atoms with Gasteiger partial charge in [0, 0.05) is 31.5 Å². The Kier molecular flexibility index (Phi) is 10.5. The van der Waals surface area contributed by atoms with Gasteiger partial charge in [0.05, 0.1) is 18.3 Å². The first-order valence-electron chi connectivity index (χ1n) is 14.9. The van der Waals surface area contributed by atoms with Crippen LogP contribution < -0.4 is 10.6 Å². The van der Waals surface area contributed by atoms with E-state index < -0.39 is 12.1 Å². The van der Waals surface area contributed by atoms with Gasteiger partial charge in [-0.2, -0.15) is 5.10 Å². The van der Waals surface area contributed by atoms with E-state index in [1.165, 1.54) is 0 Å². The van der Waals surface area contributed by atoms with Gasteiger partial charge in [0.15, 0.2) is 0 Å². The summed E-state index contributed by atoms with van der Waals surface area (Å²) < 4.78 is 7.07. The number of nitrogens with zero attached hydrogens (tertiary/aromatic N) is 5. The summed E-state index contributed by atoms with van der Waals surface area (Å²) in [6.07, 6.45) is 2.77. The molecule has 0 radical (unpaired) electrons. The molecule has 2 N–H and O–H groups in total. The quantitative estimate of drug-likeness (QED) is 0.440. The number of hydrogen-bond donors (Lipinski definition) is 2. The Morgan fingerprint density at radius 1 is 1.10 bits per heavy atom. The fourth-order valence-corrected chi connectivity index (χ4v) is 5.42. The van der Waals surface area contributed by atoms with Gasteiger partial charge in [0.25, 0.3) is 0 Å². The van der Waals surface area contributed by atoms with Crippen LogP contribution in [0, 0.1) is 26.7 Å². The molecule has 11 nitrogen and oxygen atoms in total. The molecule has 0 saturated carbocycles. The first kappa shape index (κ1) is 30.9. The van der Waals surface area contributed by atoms with Gasteiger partial charge in [-0.1, -0.05) is 55.8 Å². The van der Waals surface area contributed by atoms with E-state index in [0.29, 0.717) is 57.0 Å². The van der Waals surface area contributed by atoms with Gasteiger partial charge < -0.3 is 20.1 Å². The highest BCUT2D eigenvalue weighted by Gasteiger charge is 2.31. The van der Waals surface area contributed by atoms with E-state index >= 15 is 0 Å². The van der Waals surface area contributed by atoms with Crippen LogP contribution in [0.15, 0.2) is 34.9 Å². The molecule has 11 heteroatoms. The van der Waals surface area contributed by atoms with Gasteiger partial charge in [0.2, 0.25) is 17.7 Å². The van der Waals surface area contributed by atoms with Crippen LogP contribution in [0.4, 0.5) is 0 Å². The maximum atomic E-state index is 13.7. The van der Waals surface area contributed by atoms with Crippen LogP contribution >= 0.6 is 0 Å². The molecule has 3 heterocycles. The van der Waals surface area contributed by atoms with E-state index in [4.69, 9.17) is 9.51 Å². The minimum atomic E-state index is -0.686. The number of carbonyl (C=O) groups excluding carboxylic acids is 3. The number of aryl methyl sites for hydroxylation is 3. The van der Waals surface area contributed by atoms with Crippen molar-refractivity contribution in [1.82, 2.24) is 35.5 Å². The Morgan fingerprint density at radius 2 is 1.86 bits per heavy atom. The molecule has 42 heavy (non-hydrogen) atoms. The highest BCUT2D eigenvalue weighted by molar-refractivity contribution is 5.88. The van der Waals surface area contributed by atoms with Gasteiger partial charge in [-0.15, -0.1) is 0 Å². The van der Waals surface area contributed by atoms with Gasteiger partial charge in [-0.3, -0.25) is 14.4 Å². The predicted molar refractivity (Wildman–Crippen MR) is 157 cm³/mol. The summed E-state index contributed by atoms with van der Waals surface area (Å²) in [5.41, 5.74) is 2.79. The van der Waals surface area contributed by atoms with E-state index in [1.54, 1.807) is 9.58 Å². The standard InChI is InChI=1S/C31H43N7O4/c1-6-20(2)29-31(41)33-26(19-24-11-8-7-9-12-24)30-32-23(5)35-38(30)18-17-37(16-10-13-27(39)34-29)28(40)15-14-25-21(3)36-42-22(25)4/h7-9,11-12,20,26,29H,6,10,13-19H2,1-5H3,(H,33,41)(H,34,39)/t20-,26-,29-/m0/s1. The second-order valence-corrected chi connectivity index (χ2v) is 11.2. The second kappa shape index (κ2) is 14.2. The monoisotopic (exact) mass is 577 g/mol. The Balaban J connectivity index is 1.63. The number of nitrogens with one attached hydrogen (secondary N) is 2. The Bertz CT molecular complexity index is 1350. The third kappa shape index (κ3) is 7.83. The molecular weight excluding hydrogens is 534 g/mol. The van der Waals surface area contributed by atoms with Gasteiger partial charge >= 0.3 is 0 Å². The van der Waals surface area contributed by atoms with Crippen molar-refractivity contribution >= 4 is 17.7 Å². The molecule has 0 spiro atoms. The van der Waals surface area contributed by atoms with Gasteiger partial charge in [0.1, 0.15) is 23.5 Å². The third-order valence-electron chi connectivity index (χ3n) is 8.07. The maximum Gasteiger partial charge on any atom is 0.243 e. The zero-order valence-electron chi connectivity index (χ0n) is 25.4. The number of benzene rings is 1. The van der Waals surface area contributed by atoms with Crippen molar-refractivity contribution in [2.45, 2.75) is 91.8 Å². The first-order valence-corrected chi connectivity index (χ1v) is 14.9. The highest BCUT2D eigenvalue weighted by Crippen LogP contribution is 2.20. The fraction of sp³-hybridized carbons (Fsp3) is 0.548. The molecule has 3 amide bonds. The van der Waals surface area contributed by atoms with Crippen LogP contribution in [0.2, 0.25) is 0 Å². The van der Waals surface area contributed by atoms with Crippen LogP contribution in [0.3, 0.4) is 0 Å². The van der Waals surface area contributed by atoms with E-state index in [1.807, 2.05) is 65.0 Å². The Hall–Kier alpha value is -4.02. The molecule has 3 aromatic rings. The predicted octanol–water partition coefficient (Wildman–Crippen LogP) is 3.38. The maximum absolute atomic E-state index is 13.7. The average Bonchev–Trinajstić information content (AvgIpc) is 3.51. The van der Waals surface area contributed by atoms with Gasteiger partial charge in [-0.25, -0.2) is 9.67 Å². The lowest BCUT2D eigenvalue weighted by Gasteiger charge is -2.28. The molecule has 2 aromatic heterocycles. The molecule has 1 aliphatic heterocycles. The summed E-state index contributed by atoms with van der Waals surface area (Å²) in [6.45, 7) is 10.8. The lowest BCUT2D eigenvalue weighted by molar-refractivity contribution is -0.132. The first-order chi connectivity index (χ1) is 20.2. The lowest BCUT2D eigenvalue weighted by atomic mass is 9.97. The van der Waals surface area contributed by atoms with Crippen molar-refractivity contribution in [3.8, 4) is 0 Å². The third-order valence-corrected chi connectivity index (χ3v) is 8.07. The van der Waals surface area contributed by atoms with Crippen LogP contribution in [0.25, 0.3) is 0 Å². The van der Waals surface area contributed by atoms with Crippen LogP contribution in [-0.4, -0.2) is 61.7 Å². The van der Waals surface area contributed by atoms with Crippen molar-refractivity contribution in [2.75, 3.05) is 13.1 Å². The zero-order valence-corrected chi connectivity index (χ0v) is 25.4. The van der Waals surface area contributed by atoms with Crippen molar-refractivity contribution in [2.24, 2.45) is 5.92 Å². The van der Waals surface area contributed by atoms with E-state index in [9.17, 15) is 14.4 Å². The topological polar surface area (TPSA) is 135 Å². The van der Waals surface area contributed by atoms with E-state index in [2.05, 4.69) is 20.9 Å². The van der Waals surface area contributed by atoms with Crippen molar-refractivity contribution < 1.29 is 18.9 Å². The summed E-state index contributed by atoms with van der Waals surface area (Å²) in [5, 5.41) is 14.8. The number of hydrogen-bond acceptors (Lipinski definition) is 7. The van der Waals surface area contributed by atoms with Crippen molar-refractivity contribution in [3.05, 3.63) is 64.6 Å². The number of amides is 3. The number of carbonyl (C=O) groups is 3. The zero-order chi connectivity index (χ0) is 30.2. The minimum absolute atomic E-state index is 0.00694. The molecular formula is C31H43N7O4. The highest BCUT2D eigenvalue weighted by atomic mass is 16.5. The van der Waals surface area contributed by atoms with Crippen molar-refractivity contribution in [1.29, 1.82) is 0 Å². The smallest absolute Gasteiger partial charge is 0.243 e. The molecule has 4 rings (SSSR count). The van der Waals surface area contributed by atoms with E-state index in [0.717, 1.165) is 29.0 Å². The minimum Gasteiger partial charge on any atom is -0.361 e. The molecule has 0 aliphatic carbocycles. The molecule has 0 unspecified atom stereocenters. The number of fused-ring (bicyclic) bond motifs is 1. The summed E-state index contributed by atoms with van der Waals surface area (Å²) in [4.78, 5) is 46.6. The van der Waals surface area contributed by atoms with Crippen LogP contribution in [0.1, 0.15) is 79.8 Å². The molecule has 3 atom stereocenters. The summed E-state index contributed by atoms with van der Waals surface area (Å²) >= 11 is 0. The summed E-state index contributed by atoms with van der Waals surface area (Å²) in [7, 11) is 0.